The van der Waals surface area contributed by atoms with Gasteiger partial charge < -0.3 is 16.6 Å². The van der Waals surface area contributed by atoms with Crippen molar-refractivity contribution in [2.75, 3.05) is 6.61 Å². The Balaban J connectivity index is 2.81. The van der Waals surface area contributed by atoms with Gasteiger partial charge in [0.15, 0.2) is 0 Å². The second-order valence-corrected chi connectivity index (χ2v) is 3.51. The van der Waals surface area contributed by atoms with Gasteiger partial charge in [-0.15, -0.1) is 0 Å². The Morgan fingerprint density at radius 3 is 2.92 bits per heavy atom. The summed E-state index contributed by atoms with van der Waals surface area (Å²) < 4.78 is 0. The van der Waals surface area contributed by atoms with Crippen LogP contribution in [0.15, 0.2) is 23.9 Å². The van der Waals surface area contributed by atoms with Crippen LogP contribution in [0.5, 0.6) is 0 Å². The molecule has 0 aromatic rings. The number of aliphatic hydroxyl groups is 1. The van der Waals surface area contributed by atoms with Crippen LogP contribution >= 0.6 is 0 Å². The molecule has 0 saturated carbocycles. The van der Waals surface area contributed by atoms with Crippen LogP contribution in [-0.2, 0) is 0 Å². The van der Waals surface area contributed by atoms with Gasteiger partial charge in [0.25, 0.3) is 0 Å². The van der Waals surface area contributed by atoms with E-state index in [9.17, 15) is 0 Å². The predicted octanol–water partition coefficient (Wildman–Crippen LogP) is 0.115. The van der Waals surface area contributed by atoms with Crippen molar-refractivity contribution in [3.8, 4) is 0 Å². The molecule has 3 nitrogen and oxygen atoms in total. The Labute approximate surface area is 72.7 Å². The van der Waals surface area contributed by atoms with Crippen molar-refractivity contribution in [3.63, 3.8) is 0 Å². The summed E-state index contributed by atoms with van der Waals surface area (Å²) >= 11 is 0. The first kappa shape index (κ1) is 9.29. The molecule has 0 spiro atoms. The van der Waals surface area contributed by atoms with Gasteiger partial charge in [-0.2, -0.15) is 0 Å². The van der Waals surface area contributed by atoms with Crippen LogP contribution in [0.2, 0.25) is 0 Å². The van der Waals surface area contributed by atoms with E-state index in [1.807, 2.05) is 25.2 Å². The van der Waals surface area contributed by atoms with Gasteiger partial charge in [-0.3, -0.25) is 0 Å². The number of allylic oxidation sites excluding steroid dienone is 1. The van der Waals surface area contributed by atoms with E-state index in [4.69, 9.17) is 16.6 Å². The van der Waals surface area contributed by atoms with Crippen molar-refractivity contribution in [3.05, 3.63) is 23.9 Å². The van der Waals surface area contributed by atoms with Crippen LogP contribution in [0, 0.1) is 5.41 Å². The molecule has 0 saturated heterocycles. The minimum absolute atomic E-state index is 0.0445. The van der Waals surface area contributed by atoms with Crippen molar-refractivity contribution in [2.24, 2.45) is 16.9 Å². The molecule has 0 aliphatic heterocycles. The largest absolute Gasteiger partial charge is 0.399 e. The van der Waals surface area contributed by atoms with E-state index in [1.54, 1.807) is 0 Å². The van der Waals surface area contributed by atoms with Gasteiger partial charge in [-0.1, -0.05) is 19.1 Å². The normalized spacial score (nSPS) is 34.9. The standard InChI is InChI=1S/C9H16N2O/c1-9(4-5-12)6-7(10)2-3-8(9)11/h2-3,6,8,12H,4-5,10-11H2,1H3. The average Bonchev–Trinajstić information content (AvgIpc) is 1.98. The second-order valence-electron chi connectivity index (χ2n) is 3.51. The smallest absolute Gasteiger partial charge is 0.0439 e. The van der Waals surface area contributed by atoms with Gasteiger partial charge in [0.05, 0.1) is 0 Å². The lowest BCUT2D eigenvalue weighted by atomic mass is 9.76. The number of hydrogen-bond acceptors (Lipinski definition) is 3. The SMILES string of the molecule is CC1(CCO)C=C(N)C=CC1N. The Bertz CT molecular complexity index is 223. The lowest BCUT2D eigenvalue weighted by Crippen LogP contribution is -2.39. The topological polar surface area (TPSA) is 72.3 Å². The van der Waals surface area contributed by atoms with Gasteiger partial charge in [0.2, 0.25) is 0 Å². The minimum Gasteiger partial charge on any atom is -0.399 e. The van der Waals surface area contributed by atoms with Crippen molar-refractivity contribution in [1.29, 1.82) is 0 Å². The van der Waals surface area contributed by atoms with Gasteiger partial charge in [-0.05, 0) is 12.5 Å². The molecule has 0 fully saturated rings. The fraction of sp³-hybridized carbons (Fsp3) is 0.556. The Hall–Kier alpha value is -0.800. The second kappa shape index (κ2) is 3.29. The molecule has 12 heavy (non-hydrogen) atoms. The molecule has 3 heteroatoms. The average molecular weight is 168 g/mol. The summed E-state index contributed by atoms with van der Waals surface area (Å²) in [5.74, 6) is 0. The van der Waals surface area contributed by atoms with Gasteiger partial charge in [-0.25, -0.2) is 0 Å². The number of aliphatic hydroxyl groups excluding tert-OH is 1. The summed E-state index contributed by atoms with van der Waals surface area (Å²) in [5.41, 5.74) is 12.0. The lowest BCUT2D eigenvalue weighted by molar-refractivity contribution is 0.218. The van der Waals surface area contributed by atoms with E-state index in [2.05, 4.69) is 0 Å². The third-order valence-electron chi connectivity index (χ3n) is 2.40. The van der Waals surface area contributed by atoms with E-state index in [-0.39, 0.29) is 18.1 Å². The van der Waals surface area contributed by atoms with E-state index < -0.39 is 0 Å². The van der Waals surface area contributed by atoms with Crippen molar-refractivity contribution in [1.82, 2.24) is 0 Å². The first-order chi connectivity index (χ1) is 5.58. The summed E-state index contributed by atoms with van der Waals surface area (Å²) in [5, 5.41) is 8.84. The van der Waals surface area contributed by atoms with Crippen molar-refractivity contribution < 1.29 is 5.11 Å². The third-order valence-corrected chi connectivity index (χ3v) is 2.40. The molecular formula is C9H16N2O. The molecule has 2 atom stereocenters. The van der Waals surface area contributed by atoms with Crippen molar-refractivity contribution >= 4 is 0 Å². The lowest BCUT2D eigenvalue weighted by Gasteiger charge is -2.33. The van der Waals surface area contributed by atoms with E-state index in [0.717, 1.165) is 5.70 Å². The highest BCUT2D eigenvalue weighted by molar-refractivity contribution is 5.28. The van der Waals surface area contributed by atoms with Crippen LogP contribution in [0.3, 0.4) is 0 Å². The molecule has 2 unspecified atom stereocenters. The first-order valence-corrected chi connectivity index (χ1v) is 4.11. The van der Waals surface area contributed by atoms with E-state index >= 15 is 0 Å². The Morgan fingerprint density at radius 1 is 1.67 bits per heavy atom. The number of nitrogens with two attached hydrogens (primary N) is 2. The van der Waals surface area contributed by atoms with E-state index in [1.165, 1.54) is 0 Å². The van der Waals surface area contributed by atoms with Gasteiger partial charge in [0, 0.05) is 23.8 Å². The maximum Gasteiger partial charge on any atom is 0.0439 e. The van der Waals surface area contributed by atoms with Crippen LogP contribution < -0.4 is 11.5 Å². The molecule has 1 aliphatic rings. The molecule has 1 rings (SSSR count). The minimum atomic E-state index is -0.187. The zero-order valence-electron chi connectivity index (χ0n) is 7.33. The Morgan fingerprint density at radius 2 is 2.33 bits per heavy atom. The maximum atomic E-state index is 8.84. The summed E-state index contributed by atoms with van der Waals surface area (Å²) in [6.45, 7) is 2.14. The molecular weight excluding hydrogens is 152 g/mol. The molecule has 0 aromatic heterocycles. The van der Waals surface area contributed by atoms with Gasteiger partial charge in [0.1, 0.15) is 0 Å². The highest BCUT2D eigenvalue weighted by Gasteiger charge is 2.29. The molecule has 5 N–H and O–H groups in total. The molecule has 1 aliphatic carbocycles. The summed E-state index contributed by atoms with van der Waals surface area (Å²) in [7, 11) is 0. The predicted molar refractivity (Wildman–Crippen MR) is 49.2 cm³/mol. The summed E-state index contributed by atoms with van der Waals surface area (Å²) in [6.07, 6.45) is 6.27. The van der Waals surface area contributed by atoms with Crippen molar-refractivity contribution in [2.45, 2.75) is 19.4 Å². The third kappa shape index (κ3) is 1.68. The maximum absolute atomic E-state index is 8.84. The highest BCUT2D eigenvalue weighted by Crippen LogP contribution is 2.30. The van der Waals surface area contributed by atoms with Crippen LogP contribution in [-0.4, -0.2) is 17.8 Å². The fourth-order valence-electron chi connectivity index (χ4n) is 1.44. The number of hydrogen-bond donors (Lipinski definition) is 3. The quantitative estimate of drug-likeness (QED) is 0.548. The molecule has 0 bridgehead atoms. The number of rotatable bonds is 2. The summed E-state index contributed by atoms with van der Waals surface area (Å²) in [4.78, 5) is 0. The van der Waals surface area contributed by atoms with Crippen LogP contribution in [0.25, 0.3) is 0 Å². The Kier molecular flexibility index (Phi) is 2.55. The molecule has 0 aromatic carbocycles. The molecule has 0 heterocycles. The zero-order valence-corrected chi connectivity index (χ0v) is 7.33. The van der Waals surface area contributed by atoms with Crippen LogP contribution in [0.4, 0.5) is 0 Å². The monoisotopic (exact) mass is 168 g/mol. The van der Waals surface area contributed by atoms with Gasteiger partial charge >= 0.3 is 0 Å². The summed E-state index contributed by atoms with van der Waals surface area (Å²) in [6, 6.07) is -0.0445. The molecule has 0 radical (unpaired) electrons. The highest BCUT2D eigenvalue weighted by atomic mass is 16.3. The zero-order chi connectivity index (χ0) is 9.19. The van der Waals surface area contributed by atoms with E-state index in [0.29, 0.717) is 6.42 Å². The fourth-order valence-corrected chi connectivity index (χ4v) is 1.44. The van der Waals surface area contributed by atoms with Crippen LogP contribution in [0.1, 0.15) is 13.3 Å². The molecule has 68 valence electrons. The molecule has 0 amide bonds. The first-order valence-electron chi connectivity index (χ1n) is 4.11.